The Hall–Kier alpha value is -1.59. The normalized spacial score (nSPS) is 29.9. The molecule has 1 heterocycles. The number of carboxylic acid groups (broad SMARTS) is 1. The van der Waals surface area contributed by atoms with Crippen molar-refractivity contribution in [1.29, 1.82) is 0 Å². The topological polar surface area (TPSA) is 89.5 Å². The molecule has 2 aliphatic rings. The summed E-state index contributed by atoms with van der Waals surface area (Å²) in [5.41, 5.74) is -0.676. The summed E-state index contributed by atoms with van der Waals surface area (Å²) in [5, 5.41) is 13.4. The fourth-order valence-electron chi connectivity index (χ4n) is 3.47. The summed E-state index contributed by atoms with van der Waals surface area (Å²) in [6, 6.07) is -0.614. The number of rotatable bonds is 4. The van der Waals surface area contributed by atoms with Crippen LogP contribution in [0.15, 0.2) is 0 Å². The molecule has 6 nitrogen and oxygen atoms in total. The number of nitrogens with zero attached hydrogens (tertiary/aromatic N) is 1. The lowest BCUT2D eigenvalue weighted by Gasteiger charge is -2.42. The number of hydrogen-bond acceptors (Lipinski definition) is 4. The van der Waals surface area contributed by atoms with E-state index in [1.54, 1.807) is 0 Å². The number of amides is 3. The summed E-state index contributed by atoms with van der Waals surface area (Å²) in [7, 11) is 0. The average Bonchev–Trinajstić information content (AvgIpc) is 2.64. The van der Waals surface area contributed by atoms with Gasteiger partial charge >= 0.3 is 6.03 Å². The Labute approximate surface area is 124 Å². The van der Waals surface area contributed by atoms with Crippen molar-refractivity contribution in [3.63, 3.8) is 0 Å². The molecule has 0 aromatic carbocycles. The molecular formula is C15H23N2O4-. The summed E-state index contributed by atoms with van der Waals surface area (Å²) in [6.45, 7) is 5.95. The third-order valence-corrected chi connectivity index (χ3v) is 5.39. The Morgan fingerprint density at radius 3 is 2.43 bits per heavy atom. The molecule has 0 aromatic heterocycles. The van der Waals surface area contributed by atoms with E-state index in [-0.39, 0.29) is 5.41 Å². The van der Waals surface area contributed by atoms with Gasteiger partial charge in [0, 0.05) is 0 Å². The second-order valence-electron chi connectivity index (χ2n) is 6.89. The molecule has 1 aliphatic carbocycles. The van der Waals surface area contributed by atoms with E-state index in [2.05, 4.69) is 26.1 Å². The maximum atomic E-state index is 12.4. The van der Waals surface area contributed by atoms with Gasteiger partial charge in [-0.2, -0.15) is 0 Å². The highest BCUT2D eigenvalue weighted by molar-refractivity contribution is 6.08. The monoisotopic (exact) mass is 295 g/mol. The van der Waals surface area contributed by atoms with E-state index in [9.17, 15) is 19.5 Å². The maximum Gasteiger partial charge on any atom is 0.325 e. The van der Waals surface area contributed by atoms with Crippen molar-refractivity contribution < 1.29 is 19.5 Å². The van der Waals surface area contributed by atoms with E-state index in [1.165, 1.54) is 0 Å². The van der Waals surface area contributed by atoms with Crippen molar-refractivity contribution in [2.45, 2.75) is 58.4 Å². The van der Waals surface area contributed by atoms with Gasteiger partial charge in [-0.1, -0.05) is 27.2 Å². The predicted octanol–water partition coefficient (Wildman–Crippen LogP) is 0.653. The smallest absolute Gasteiger partial charge is 0.325 e. The Balaban J connectivity index is 2.08. The Bertz CT molecular complexity index is 464. The van der Waals surface area contributed by atoms with Crippen LogP contribution in [0, 0.1) is 11.3 Å². The molecule has 6 heteroatoms. The number of nitrogens with one attached hydrogen (secondary N) is 1. The Morgan fingerprint density at radius 1 is 1.38 bits per heavy atom. The SMILES string of the molecule is CCC(C)(C)C1CCC2(CC1)NC(=O)N(CC(=O)[O-])C2=O. The summed E-state index contributed by atoms with van der Waals surface area (Å²) in [6.07, 6.45) is 3.96. The number of carboxylic acids is 1. The number of aliphatic carboxylic acids is 1. The van der Waals surface area contributed by atoms with E-state index < -0.39 is 30.0 Å². The molecule has 1 spiro atoms. The molecule has 0 unspecified atom stereocenters. The quantitative estimate of drug-likeness (QED) is 0.771. The van der Waals surface area contributed by atoms with Crippen LogP contribution in [0.2, 0.25) is 0 Å². The minimum Gasteiger partial charge on any atom is -0.548 e. The lowest BCUT2D eigenvalue weighted by atomic mass is 9.65. The number of carbonyl (C=O) groups is 3. The first kappa shape index (κ1) is 15.8. The van der Waals surface area contributed by atoms with Gasteiger partial charge in [0.15, 0.2) is 0 Å². The van der Waals surface area contributed by atoms with Crippen molar-refractivity contribution in [3.8, 4) is 0 Å². The van der Waals surface area contributed by atoms with Crippen LogP contribution in [0.3, 0.4) is 0 Å². The zero-order chi connectivity index (χ0) is 15.8. The molecule has 2 rings (SSSR count). The zero-order valence-corrected chi connectivity index (χ0v) is 12.9. The summed E-state index contributed by atoms with van der Waals surface area (Å²) < 4.78 is 0. The minimum absolute atomic E-state index is 0.220. The zero-order valence-electron chi connectivity index (χ0n) is 12.9. The second kappa shape index (κ2) is 5.31. The van der Waals surface area contributed by atoms with E-state index in [0.717, 1.165) is 24.2 Å². The molecule has 0 radical (unpaired) electrons. The number of urea groups is 1. The second-order valence-corrected chi connectivity index (χ2v) is 6.89. The highest BCUT2D eigenvalue weighted by Crippen LogP contribution is 2.44. The number of carbonyl (C=O) groups excluding carboxylic acids is 3. The molecule has 2 fully saturated rings. The van der Waals surface area contributed by atoms with Crippen LogP contribution in [0.5, 0.6) is 0 Å². The van der Waals surface area contributed by atoms with Gasteiger partial charge in [-0.3, -0.25) is 9.69 Å². The van der Waals surface area contributed by atoms with E-state index >= 15 is 0 Å². The molecule has 1 saturated carbocycles. The maximum absolute atomic E-state index is 12.4. The third-order valence-electron chi connectivity index (χ3n) is 5.39. The van der Waals surface area contributed by atoms with Crippen molar-refractivity contribution in [2.75, 3.05) is 6.54 Å². The van der Waals surface area contributed by atoms with Crippen LogP contribution < -0.4 is 10.4 Å². The Kier molecular flexibility index (Phi) is 4.00. The van der Waals surface area contributed by atoms with Gasteiger partial charge in [0.25, 0.3) is 5.91 Å². The fraction of sp³-hybridized carbons (Fsp3) is 0.800. The van der Waals surface area contributed by atoms with Gasteiger partial charge in [0.1, 0.15) is 5.54 Å². The molecular weight excluding hydrogens is 272 g/mol. The van der Waals surface area contributed by atoms with Gasteiger partial charge in [0.2, 0.25) is 0 Å². The summed E-state index contributed by atoms with van der Waals surface area (Å²) >= 11 is 0. The standard InChI is InChI=1S/C15H24N2O4/c1-4-14(2,3)10-5-7-15(8-6-10)12(20)17(9-11(18)19)13(21)16-15/h10H,4-9H2,1-3H3,(H,16,21)(H,18,19)/p-1. The summed E-state index contributed by atoms with van der Waals surface area (Å²) in [5.74, 6) is -1.31. The van der Waals surface area contributed by atoms with Gasteiger partial charge in [-0.15, -0.1) is 0 Å². The van der Waals surface area contributed by atoms with Crippen molar-refractivity contribution in [3.05, 3.63) is 0 Å². The van der Waals surface area contributed by atoms with Gasteiger partial charge < -0.3 is 15.2 Å². The molecule has 0 bridgehead atoms. The van der Waals surface area contributed by atoms with Crippen LogP contribution in [0.25, 0.3) is 0 Å². The van der Waals surface area contributed by atoms with Crippen molar-refractivity contribution >= 4 is 17.9 Å². The van der Waals surface area contributed by atoms with Gasteiger partial charge in [0.05, 0.1) is 12.5 Å². The van der Waals surface area contributed by atoms with E-state index in [4.69, 9.17) is 0 Å². The first-order chi connectivity index (χ1) is 9.72. The molecule has 1 N–H and O–H groups in total. The fourth-order valence-corrected chi connectivity index (χ4v) is 3.47. The lowest BCUT2D eigenvalue weighted by Crippen LogP contribution is -2.51. The van der Waals surface area contributed by atoms with E-state index in [1.807, 2.05) is 0 Å². The van der Waals surface area contributed by atoms with Crippen molar-refractivity contribution in [2.24, 2.45) is 11.3 Å². The number of imide groups is 1. The van der Waals surface area contributed by atoms with Crippen LogP contribution in [0.1, 0.15) is 52.9 Å². The highest BCUT2D eigenvalue weighted by atomic mass is 16.4. The van der Waals surface area contributed by atoms with Crippen LogP contribution in [0.4, 0.5) is 4.79 Å². The van der Waals surface area contributed by atoms with Crippen LogP contribution in [-0.4, -0.2) is 34.9 Å². The highest BCUT2D eigenvalue weighted by Gasteiger charge is 2.53. The largest absolute Gasteiger partial charge is 0.548 e. The van der Waals surface area contributed by atoms with Crippen LogP contribution in [-0.2, 0) is 9.59 Å². The molecule has 1 saturated heterocycles. The summed E-state index contributed by atoms with van der Waals surface area (Å²) in [4.78, 5) is 35.7. The molecule has 21 heavy (non-hydrogen) atoms. The number of hydrogen-bond donors (Lipinski definition) is 1. The average molecular weight is 295 g/mol. The molecule has 3 amide bonds. The third kappa shape index (κ3) is 2.76. The molecule has 0 atom stereocenters. The van der Waals surface area contributed by atoms with Gasteiger partial charge in [-0.25, -0.2) is 4.79 Å². The minimum atomic E-state index is -1.42. The Morgan fingerprint density at radius 2 is 1.95 bits per heavy atom. The molecule has 1 aliphatic heterocycles. The lowest BCUT2D eigenvalue weighted by molar-refractivity contribution is -0.305. The van der Waals surface area contributed by atoms with Gasteiger partial charge in [-0.05, 0) is 37.0 Å². The molecule has 0 aromatic rings. The van der Waals surface area contributed by atoms with Crippen molar-refractivity contribution in [1.82, 2.24) is 10.2 Å². The predicted molar refractivity (Wildman–Crippen MR) is 74.0 cm³/mol. The molecule has 118 valence electrons. The first-order valence-electron chi connectivity index (χ1n) is 7.56. The first-order valence-corrected chi connectivity index (χ1v) is 7.56. The van der Waals surface area contributed by atoms with E-state index in [0.29, 0.717) is 18.8 Å². The van der Waals surface area contributed by atoms with Crippen LogP contribution >= 0.6 is 0 Å².